The van der Waals surface area contributed by atoms with Crippen LogP contribution in [0.1, 0.15) is 32.3 Å². The summed E-state index contributed by atoms with van der Waals surface area (Å²) < 4.78 is 6.16. The van der Waals surface area contributed by atoms with Crippen molar-refractivity contribution < 1.29 is 4.74 Å². The highest BCUT2D eigenvalue weighted by atomic mass is 127. The van der Waals surface area contributed by atoms with Crippen LogP contribution in [0.25, 0.3) is 0 Å². The topological polar surface area (TPSA) is 47.0 Å². The van der Waals surface area contributed by atoms with Crippen molar-refractivity contribution in [1.82, 2.24) is 9.97 Å². The van der Waals surface area contributed by atoms with Gasteiger partial charge in [-0.2, -0.15) is 0 Å². The van der Waals surface area contributed by atoms with Crippen molar-refractivity contribution in [2.45, 2.75) is 32.8 Å². The lowest BCUT2D eigenvalue weighted by Gasteiger charge is -2.21. The first-order valence-corrected chi connectivity index (χ1v) is 6.21. The van der Waals surface area contributed by atoms with Crippen molar-refractivity contribution >= 4 is 28.4 Å². The summed E-state index contributed by atoms with van der Waals surface area (Å²) in [7, 11) is 3.52. The van der Waals surface area contributed by atoms with Gasteiger partial charge in [-0.25, -0.2) is 9.97 Å². The highest BCUT2D eigenvalue weighted by Crippen LogP contribution is 2.29. The molecule has 4 nitrogen and oxygen atoms in total. The quantitative estimate of drug-likeness (QED) is 0.863. The molecule has 0 saturated heterocycles. The predicted molar refractivity (Wildman–Crippen MR) is 73.7 cm³/mol. The van der Waals surface area contributed by atoms with E-state index in [1.165, 1.54) is 0 Å². The van der Waals surface area contributed by atoms with Crippen LogP contribution in [0, 0.1) is 3.57 Å². The molecule has 0 radical (unpaired) electrons. The maximum absolute atomic E-state index is 5.08. The Bertz CT molecular complexity index is 374. The zero-order chi connectivity index (χ0) is 12.3. The van der Waals surface area contributed by atoms with Gasteiger partial charge >= 0.3 is 0 Å². The molecule has 1 heterocycles. The van der Waals surface area contributed by atoms with Gasteiger partial charge in [0.15, 0.2) is 5.82 Å². The van der Waals surface area contributed by atoms with Crippen LogP contribution in [0.4, 0.5) is 5.82 Å². The smallest absolute Gasteiger partial charge is 0.156 e. The van der Waals surface area contributed by atoms with E-state index in [0.717, 1.165) is 20.9 Å². The largest absolute Gasteiger partial charge is 0.377 e. The second-order valence-electron chi connectivity index (χ2n) is 4.58. The summed E-state index contributed by atoms with van der Waals surface area (Å²) in [6, 6.07) is 0. The molecule has 0 fully saturated rings. The molecule has 0 aliphatic heterocycles. The SMILES string of the molecule is CNc1nc(COC)nc(C(C)(C)C)c1I. The maximum Gasteiger partial charge on any atom is 0.156 e. The third-order valence-corrected chi connectivity index (χ3v) is 3.14. The number of hydrogen-bond donors (Lipinski definition) is 1. The fourth-order valence-electron chi connectivity index (χ4n) is 1.35. The molecule has 1 N–H and O–H groups in total. The van der Waals surface area contributed by atoms with E-state index in [-0.39, 0.29) is 5.41 Å². The molecule has 1 aromatic rings. The standard InChI is InChI=1S/C11H18IN3O/c1-11(2,3)9-8(12)10(13-4)15-7(14-9)6-16-5/h6H2,1-5H3,(H,13,14,15). The molecule has 0 bridgehead atoms. The number of aromatic nitrogens is 2. The Morgan fingerprint density at radius 2 is 1.94 bits per heavy atom. The molecule has 1 aromatic heterocycles. The van der Waals surface area contributed by atoms with Gasteiger partial charge in [-0.3, -0.25) is 0 Å². The second kappa shape index (κ2) is 5.27. The van der Waals surface area contributed by atoms with Crippen molar-refractivity contribution in [3.05, 3.63) is 15.1 Å². The third-order valence-electron chi connectivity index (χ3n) is 2.12. The molecule has 5 heteroatoms. The predicted octanol–water partition coefficient (Wildman–Crippen LogP) is 2.57. The van der Waals surface area contributed by atoms with Crippen molar-refractivity contribution in [3.8, 4) is 0 Å². The van der Waals surface area contributed by atoms with E-state index in [2.05, 4.69) is 58.6 Å². The number of nitrogens with one attached hydrogen (secondary N) is 1. The van der Waals surface area contributed by atoms with Crippen LogP contribution in [-0.4, -0.2) is 24.1 Å². The Balaban J connectivity index is 3.30. The molecule has 0 aromatic carbocycles. The Morgan fingerprint density at radius 1 is 1.31 bits per heavy atom. The van der Waals surface area contributed by atoms with Gasteiger partial charge in [0.05, 0.1) is 9.26 Å². The summed E-state index contributed by atoms with van der Waals surface area (Å²) in [5.41, 5.74) is 1.06. The molecule has 0 aliphatic carbocycles. The minimum Gasteiger partial charge on any atom is -0.377 e. The van der Waals surface area contributed by atoms with E-state index in [1.807, 2.05) is 7.05 Å². The Labute approximate surface area is 110 Å². The first kappa shape index (κ1) is 13.6. The first-order valence-electron chi connectivity index (χ1n) is 5.13. The van der Waals surface area contributed by atoms with Crippen molar-refractivity contribution in [2.75, 3.05) is 19.5 Å². The monoisotopic (exact) mass is 335 g/mol. The number of ether oxygens (including phenoxy) is 1. The van der Waals surface area contributed by atoms with Crippen LogP contribution >= 0.6 is 22.6 Å². The molecule has 1 rings (SSSR count). The number of methoxy groups -OCH3 is 1. The highest BCUT2D eigenvalue weighted by Gasteiger charge is 2.22. The van der Waals surface area contributed by atoms with Gasteiger partial charge in [0, 0.05) is 19.6 Å². The van der Waals surface area contributed by atoms with E-state index in [4.69, 9.17) is 4.74 Å². The summed E-state index contributed by atoms with van der Waals surface area (Å²) in [5, 5.41) is 3.09. The number of rotatable bonds is 3. The van der Waals surface area contributed by atoms with E-state index in [0.29, 0.717) is 6.61 Å². The lowest BCUT2D eigenvalue weighted by atomic mass is 9.92. The fourth-order valence-corrected chi connectivity index (χ4v) is 2.67. The Hall–Kier alpha value is -0.430. The van der Waals surface area contributed by atoms with E-state index in [9.17, 15) is 0 Å². The van der Waals surface area contributed by atoms with Gasteiger partial charge in [-0.1, -0.05) is 20.8 Å². The van der Waals surface area contributed by atoms with E-state index in [1.54, 1.807) is 7.11 Å². The lowest BCUT2D eigenvalue weighted by molar-refractivity contribution is 0.177. The van der Waals surface area contributed by atoms with Crippen LogP contribution < -0.4 is 5.32 Å². The molecule has 16 heavy (non-hydrogen) atoms. The zero-order valence-corrected chi connectivity index (χ0v) is 12.5. The van der Waals surface area contributed by atoms with Crippen molar-refractivity contribution in [1.29, 1.82) is 0 Å². The van der Waals surface area contributed by atoms with Gasteiger partial charge in [0.25, 0.3) is 0 Å². The van der Waals surface area contributed by atoms with Crippen LogP contribution in [0.2, 0.25) is 0 Å². The van der Waals surface area contributed by atoms with Crippen LogP contribution in [0.15, 0.2) is 0 Å². The molecular weight excluding hydrogens is 317 g/mol. The highest BCUT2D eigenvalue weighted by molar-refractivity contribution is 14.1. The average molecular weight is 335 g/mol. The van der Waals surface area contributed by atoms with E-state index >= 15 is 0 Å². The maximum atomic E-state index is 5.08. The van der Waals surface area contributed by atoms with Gasteiger partial charge < -0.3 is 10.1 Å². The van der Waals surface area contributed by atoms with Gasteiger partial charge in [-0.05, 0) is 22.6 Å². The Kier molecular flexibility index (Phi) is 4.49. The molecule has 0 amide bonds. The summed E-state index contributed by atoms with van der Waals surface area (Å²) in [6.07, 6.45) is 0. The zero-order valence-electron chi connectivity index (χ0n) is 10.4. The normalized spacial score (nSPS) is 11.6. The third kappa shape index (κ3) is 3.04. The number of hydrogen-bond acceptors (Lipinski definition) is 4. The van der Waals surface area contributed by atoms with Crippen LogP contribution in [0.5, 0.6) is 0 Å². The molecule has 0 unspecified atom stereocenters. The summed E-state index contributed by atoms with van der Waals surface area (Å²) in [4.78, 5) is 8.96. The fraction of sp³-hybridized carbons (Fsp3) is 0.636. The second-order valence-corrected chi connectivity index (χ2v) is 5.66. The van der Waals surface area contributed by atoms with Gasteiger partial charge in [0.1, 0.15) is 12.4 Å². The number of anilines is 1. The first-order chi connectivity index (χ1) is 7.40. The molecule has 0 aliphatic rings. The molecule has 0 atom stereocenters. The summed E-state index contributed by atoms with van der Waals surface area (Å²) >= 11 is 2.28. The average Bonchev–Trinajstić information content (AvgIpc) is 2.19. The lowest BCUT2D eigenvalue weighted by Crippen LogP contribution is -2.19. The summed E-state index contributed by atoms with van der Waals surface area (Å²) in [5.74, 6) is 1.59. The molecule has 0 spiro atoms. The minimum atomic E-state index is 0.00749. The van der Waals surface area contributed by atoms with Crippen LogP contribution in [0.3, 0.4) is 0 Å². The summed E-state index contributed by atoms with van der Waals surface area (Å²) in [6.45, 7) is 6.88. The Morgan fingerprint density at radius 3 is 2.38 bits per heavy atom. The van der Waals surface area contributed by atoms with E-state index < -0.39 is 0 Å². The number of nitrogens with zero attached hydrogens (tertiary/aromatic N) is 2. The van der Waals surface area contributed by atoms with Crippen LogP contribution in [-0.2, 0) is 16.8 Å². The van der Waals surface area contributed by atoms with Crippen molar-refractivity contribution in [3.63, 3.8) is 0 Å². The molecule has 0 saturated carbocycles. The molecular formula is C11H18IN3O. The van der Waals surface area contributed by atoms with Crippen molar-refractivity contribution in [2.24, 2.45) is 0 Å². The number of halogens is 1. The van der Waals surface area contributed by atoms with Gasteiger partial charge in [0.2, 0.25) is 0 Å². The minimum absolute atomic E-state index is 0.00749. The van der Waals surface area contributed by atoms with Gasteiger partial charge in [-0.15, -0.1) is 0 Å². The molecule has 90 valence electrons.